The van der Waals surface area contributed by atoms with Crippen LogP contribution in [0.2, 0.25) is 0 Å². The SMILES string of the molecule is FCCCn1cnc2ccccc21. The third-order valence-corrected chi connectivity index (χ3v) is 2.06. The van der Waals surface area contributed by atoms with Crippen LogP contribution in [-0.4, -0.2) is 16.2 Å². The van der Waals surface area contributed by atoms with Crippen LogP contribution >= 0.6 is 0 Å². The number of aryl methyl sites for hydroxylation is 1. The van der Waals surface area contributed by atoms with Gasteiger partial charge in [0.2, 0.25) is 0 Å². The van der Waals surface area contributed by atoms with Crippen molar-refractivity contribution in [3.63, 3.8) is 0 Å². The topological polar surface area (TPSA) is 17.8 Å². The zero-order chi connectivity index (χ0) is 9.10. The van der Waals surface area contributed by atoms with Gasteiger partial charge in [-0.05, 0) is 18.6 Å². The number of halogens is 1. The summed E-state index contributed by atoms with van der Waals surface area (Å²) in [6.07, 6.45) is 2.32. The Morgan fingerprint density at radius 3 is 3.00 bits per heavy atom. The van der Waals surface area contributed by atoms with Crippen molar-refractivity contribution in [1.82, 2.24) is 9.55 Å². The Kier molecular flexibility index (Phi) is 2.25. The summed E-state index contributed by atoms with van der Waals surface area (Å²) < 4.78 is 13.9. The summed E-state index contributed by atoms with van der Waals surface area (Å²) in [7, 11) is 0. The summed E-state index contributed by atoms with van der Waals surface area (Å²) in [5.74, 6) is 0. The van der Waals surface area contributed by atoms with Gasteiger partial charge in [0.15, 0.2) is 0 Å². The van der Waals surface area contributed by atoms with E-state index in [-0.39, 0.29) is 6.67 Å². The maximum atomic E-state index is 12.0. The Hall–Kier alpha value is -1.38. The predicted octanol–water partition coefficient (Wildman–Crippen LogP) is 2.40. The molecule has 2 rings (SSSR count). The van der Waals surface area contributed by atoms with Crippen molar-refractivity contribution < 1.29 is 4.39 Å². The van der Waals surface area contributed by atoms with E-state index in [4.69, 9.17) is 0 Å². The second-order valence-electron chi connectivity index (χ2n) is 2.97. The summed E-state index contributed by atoms with van der Waals surface area (Å²) in [5, 5.41) is 0. The van der Waals surface area contributed by atoms with Crippen molar-refractivity contribution in [3.8, 4) is 0 Å². The molecule has 0 spiro atoms. The molecule has 0 aliphatic carbocycles. The van der Waals surface area contributed by atoms with Crippen LogP contribution in [-0.2, 0) is 6.54 Å². The average Bonchev–Trinajstić information content (AvgIpc) is 2.58. The van der Waals surface area contributed by atoms with Gasteiger partial charge in [-0.3, -0.25) is 4.39 Å². The average molecular weight is 178 g/mol. The van der Waals surface area contributed by atoms with Crippen molar-refractivity contribution in [2.75, 3.05) is 6.67 Å². The smallest absolute Gasteiger partial charge is 0.0958 e. The highest BCUT2D eigenvalue weighted by molar-refractivity contribution is 5.74. The molecule has 0 amide bonds. The molecule has 1 heterocycles. The minimum Gasteiger partial charge on any atom is -0.330 e. The summed E-state index contributed by atoms with van der Waals surface area (Å²) in [6.45, 7) is 0.434. The zero-order valence-corrected chi connectivity index (χ0v) is 7.28. The second kappa shape index (κ2) is 3.56. The molecule has 0 N–H and O–H groups in total. The van der Waals surface area contributed by atoms with E-state index in [0.29, 0.717) is 13.0 Å². The summed E-state index contributed by atoms with van der Waals surface area (Å²) in [4.78, 5) is 4.21. The first-order valence-corrected chi connectivity index (χ1v) is 4.37. The van der Waals surface area contributed by atoms with Crippen LogP contribution in [0.25, 0.3) is 11.0 Å². The van der Waals surface area contributed by atoms with E-state index < -0.39 is 0 Å². The second-order valence-corrected chi connectivity index (χ2v) is 2.97. The molecule has 0 saturated heterocycles. The zero-order valence-electron chi connectivity index (χ0n) is 7.28. The molecule has 0 saturated carbocycles. The van der Waals surface area contributed by atoms with Gasteiger partial charge >= 0.3 is 0 Å². The maximum Gasteiger partial charge on any atom is 0.0958 e. The molecule has 0 bridgehead atoms. The van der Waals surface area contributed by atoms with Crippen LogP contribution in [0.1, 0.15) is 6.42 Å². The minimum absolute atomic E-state index is 0.271. The summed E-state index contributed by atoms with van der Waals surface area (Å²) in [5.41, 5.74) is 2.05. The molecule has 0 unspecified atom stereocenters. The molecular weight excluding hydrogens is 167 g/mol. The fourth-order valence-electron chi connectivity index (χ4n) is 1.42. The summed E-state index contributed by atoms with van der Waals surface area (Å²) in [6, 6.07) is 7.88. The predicted molar refractivity (Wildman–Crippen MR) is 50.3 cm³/mol. The van der Waals surface area contributed by atoms with Crippen molar-refractivity contribution >= 4 is 11.0 Å². The number of hydrogen-bond donors (Lipinski definition) is 0. The number of imidazole rings is 1. The largest absolute Gasteiger partial charge is 0.330 e. The number of fused-ring (bicyclic) bond motifs is 1. The Bertz CT molecular complexity index is 394. The van der Waals surface area contributed by atoms with Crippen LogP contribution in [0.15, 0.2) is 30.6 Å². The van der Waals surface area contributed by atoms with Crippen molar-refractivity contribution in [2.24, 2.45) is 0 Å². The van der Waals surface area contributed by atoms with E-state index in [2.05, 4.69) is 4.98 Å². The number of hydrogen-bond acceptors (Lipinski definition) is 1. The van der Waals surface area contributed by atoms with E-state index in [1.54, 1.807) is 6.33 Å². The van der Waals surface area contributed by atoms with E-state index in [0.717, 1.165) is 11.0 Å². The molecule has 0 atom stereocenters. The van der Waals surface area contributed by atoms with Crippen molar-refractivity contribution in [2.45, 2.75) is 13.0 Å². The molecule has 3 heteroatoms. The van der Waals surface area contributed by atoms with Crippen LogP contribution in [0, 0.1) is 0 Å². The number of aromatic nitrogens is 2. The highest BCUT2D eigenvalue weighted by atomic mass is 19.1. The Morgan fingerprint density at radius 2 is 2.15 bits per heavy atom. The molecule has 1 aromatic carbocycles. The van der Waals surface area contributed by atoms with Crippen molar-refractivity contribution in [3.05, 3.63) is 30.6 Å². The molecule has 0 aliphatic rings. The highest BCUT2D eigenvalue weighted by Crippen LogP contribution is 2.11. The fourth-order valence-corrected chi connectivity index (χ4v) is 1.42. The quantitative estimate of drug-likeness (QED) is 0.705. The number of alkyl halides is 1. The van der Waals surface area contributed by atoms with Gasteiger partial charge in [-0.2, -0.15) is 0 Å². The highest BCUT2D eigenvalue weighted by Gasteiger charge is 1.99. The van der Waals surface area contributed by atoms with E-state index in [9.17, 15) is 4.39 Å². The van der Waals surface area contributed by atoms with Gasteiger partial charge in [0.1, 0.15) is 0 Å². The Balaban J connectivity index is 2.35. The molecule has 2 aromatic rings. The normalized spacial score (nSPS) is 10.8. The van der Waals surface area contributed by atoms with E-state index >= 15 is 0 Å². The first kappa shape index (κ1) is 8.23. The van der Waals surface area contributed by atoms with Gasteiger partial charge in [-0.25, -0.2) is 4.98 Å². The van der Waals surface area contributed by atoms with Crippen LogP contribution < -0.4 is 0 Å². The Morgan fingerprint density at radius 1 is 1.31 bits per heavy atom. The maximum absolute atomic E-state index is 12.0. The lowest BCUT2D eigenvalue weighted by molar-refractivity contribution is 0.449. The van der Waals surface area contributed by atoms with Gasteiger partial charge in [0.05, 0.1) is 24.0 Å². The first-order chi connectivity index (χ1) is 6.42. The van der Waals surface area contributed by atoms with Gasteiger partial charge in [0.25, 0.3) is 0 Å². The van der Waals surface area contributed by atoms with Gasteiger partial charge in [0, 0.05) is 6.54 Å². The summed E-state index contributed by atoms with van der Waals surface area (Å²) >= 11 is 0. The molecule has 0 radical (unpaired) electrons. The standard InChI is InChI=1S/C10H11FN2/c11-6-3-7-13-8-12-9-4-1-2-5-10(9)13/h1-2,4-5,8H,3,6-7H2. The molecule has 13 heavy (non-hydrogen) atoms. The molecule has 0 fully saturated rings. The number of nitrogens with zero attached hydrogens (tertiary/aromatic N) is 2. The lowest BCUT2D eigenvalue weighted by atomic mass is 10.3. The third-order valence-electron chi connectivity index (χ3n) is 2.06. The van der Waals surface area contributed by atoms with Crippen LogP contribution in [0.4, 0.5) is 4.39 Å². The lowest BCUT2D eigenvalue weighted by Crippen LogP contribution is -1.96. The van der Waals surface area contributed by atoms with E-state index in [1.165, 1.54) is 0 Å². The molecular formula is C10H11FN2. The first-order valence-electron chi connectivity index (χ1n) is 4.37. The van der Waals surface area contributed by atoms with E-state index in [1.807, 2.05) is 28.8 Å². The monoisotopic (exact) mass is 178 g/mol. The van der Waals surface area contributed by atoms with Gasteiger partial charge < -0.3 is 4.57 Å². The number of para-hydroxylation sites is 2. The fraction of sp³-hybridized carbons (Fsp3) is 0.300. The number of benzene rings is 1. The lowest BCUT2D eigenvalue weighted by Gasteiger charge is -2.00. The number of rotatable bonds is 3. The van der Waals surface area contributed by atoms with Crippen LogP contribution in [0.3, 0.4) is 0 Å². The third kappa shape index (κ3) is 1.54. The molecule has 68 valence electrons. The van der Waals surface area contributed by atoms with Crippen LogP contribution in [0.5, 0.6) is 0 Å². The van der Waals surface area contributed by atoms with Gasteiger partial charge in [-0.15, -0.1) is 0 Å². The molecule has 1 aromatic heterocycles. The molecule has 2 nitrogen and oxygen atoms in total. The van der Waals surface area contributed by atoms with Crippen molar-refractivity contribution in [1.29, 1.82) is 0 Å². The molecule has 0 aliphatic heterocycles. The Labute approximate surface area is 76.0 Å². The van der Waals surface area contributed by atoms with Gasteiger partial charge in [-0.1, -0.05) is 12.1 Å². The minimum atomic E-state index is -0.271.